The lowest BCUT2D eigenvalue weighted by Gasteiger charge is -2.29. The maximum Gasteiger partial charge on any atom is 0.191 e. The Labute approximate surface area is 88.3 Å². The molecule has 0 saturated carbocycles. The first kappa shape index (κ1) is 9.93. The van der Waals surface area contributed by atoms with Gasteiger partial charge in [0, 0.05) is 11.9 Å². The molecule has 0 aliphatic carbocycles. The van der Waals surface area contributed by atoms with Gasteiger partial charge in [-0.25, -0.2) is 4.39 Å². The minimum absolute atomic E-state index is 0.359. The van der Waals surface area contributed by atoms with Crippen LogP contribution in [-0.2, 0) is 4.74 Å². The van der Waals surface area contributed by atoms with E-state index in [1.165, 1.54) is 0 Å². The molecule has 1 aromatic carbocycles. The number of benzene rings is 1. The van der Waals surface area contributed by atoms with E-state index in [4.69, 9.17) is 4.74 Å². The maximum absolute atomic E-state index is 12.2. The number of alkyl halides is 1. The van der Waals surface area contributed by atoms with Crippen molar-refractivity contribution >= 4 is 5.69 Å². The molecule has 3 heteroatoms. The average molecular weight is 205 g/mol. The summed E-state index contributed by atoms with van der Waals surface area (Å²) < 4.78 is 17.1. The fraction of sp³-hybridized carbons (Fsp3) is 0.167. The van der Waals surface area contributed by atoms with Gasteiger partial charge in [0.15, 0.2) is 13.1 Å². The molecule has 78 valence electrons. The standard InChI is InChI=1S/C12H12FNO/c13-10-15-12-8-4-5-9-14(12)11-6-2-1-3-7-11/h1-9,12H,10H2. The molecule has 1 atom stereocenters. The van der Waals surface area contributed by atoms with Gasteiger partial charge in [0.1, 0.15) is 0 Å². The van der Waals surface area contributed by atoms with Crippen molar-refractivity contribution in [2.45, 2.75) is 6.23 Å². The van der Waals surface area contributed by atoms with E-state index in [1.807, 2.05) is 59.7 Å². The van der Waals surface area contributed by atoms with Crippen LogP contribution in [0.1, 0.15) is 0 Å². The van der Waals surface area contributed by atoms with Crippen molar-refractivity contribution in [3.05, 3.63) is 54.8 Å². The Morgan fingerprint density at radius 2 is 2.00 bits per heavy atom. The monoisotopic (exact) mass is 205 g/mol. The molecule has 1 unspecified atom stereocenters. The van der Waals surface area contributed by atoms with Crippen molar-refractivity contribution in [1.82, 2.24) is 0 Å². The third kappa shape index (κ3) is 2.25. The van der Waals surface area contributed by atoms with E-state index < -0.39 is 6.86 Å². The van der Waals surface area contributed by atoms with Crippen molar-refractivity contribution < 1.29 is 9.13 Å². The second-order valence-corrected chi connectivity index (χ2v) is 3.14. The highest BCUT2D eigenvalue weighted by atomic mass is 19.1. The third-order valence-corrected chi connectivity index (χ3v) is 2.20. The molecule has 1 heterocycles. The van der Waals surface area contributed by atoms with Crippen LogP contribution in [0.25, 0.3) is 0 Å². The maximum atomic E-state index is 12.2. The Hall–Kier alpha value is -1.61. The highest BCUT2D eigenvalue weighted by Crippen LogP contribution is 2.20. The summed E-state index contributed by atoms with van der Waals surface area (Å²) in [4.78, 5) is 1.87. The van der Waals surface area contributed by atoms with Crippen LogP contribution in [0.5, 0.6) is 0 Å². The predicted molar refractivity (Wildman–Crippen MR) is 58.0 cm³/mol. The quantitative estimate of drug-likeness (QED) is 0.752. The Bertz CT molecular complexity index is 361. The molecular weight excluding hydrogens is 193 g/mol. The van der Waals surface area contributed by atoms with E-state index in [9.17, 15) is 4.39 Å². The summed E-state index contributed by atoms with van der Waals surface area (Å²) in [7, 11) is 0. The topological polar surface area (TPSA) is 12.5 Å². The number of allylic oxidation sites excluding steroid dienone is 2. The van der Waals surface area contributed by atoms with Crippen molar-refractivity contribution in [3.8, 4) is 0 Å². The van der Waals surface area contributed by atoms with Crippen molar-refractivity contribution in [2.24, 2.45) is 0 Å². The molecular formula is C12H12FNO. The minimum Gasteiger partial charge on any atom is -0.323 e. The van der Waals surface area contributed by atoms with Gasteiger partial charge in [0.25, 0.3) is 0 Å². The molecule has 1 aromatic rings. The summed E-state index contributed by atoms with van der Waals surface area (Å²) in [6.45, 7) is -0.786. The third-order valence-electron chi connectivity index (χ3n) is 2.20. The number of para-hydroxylation sites is 1. The van der Waals surface area contributed by atoms with Gasteiger partial charge in [-0.05, 0) is 24.3 Å². The number of hydrogen-bond donors (Lipinski definition) is 0. The summed E-state index contributed by atoms with van der Waals surface area (Å²) in [6.07, 6.45) is 7.06. The number of rotatable bonds is 3. The zero-order valence-corrected chi connectivity index (χ0v) is 8.21. The molecule has 1 aliphatic rings. The zero-order valence-electron chi connectivity index (χ0n) is 8.21. The van der Waals surface area contributed by atoms with Gasteiger partial charge in [-0.15, -0.1) is 0 Å². The lowest BCUT2D eigenvalue weighted by atomic mass is 10.2. The van der Waals surface area contributed by atoms with Gasteiger partial charge in [0.05, 0.1) is 0 Å². The molecule has 2 rings (SSSR count). The van der Waals surface area contributed by atoms with Gasteiger partial charge in [-0.1, -0.05) is 24.3 Å². The second-order valence-electron chi connectivity index (χ2n) is 3.14. The minimum atomic E-state index is -0.786. The number of halogens is 1. The van der Waals surface area contributed by atoms with Crippen molar-refractivity contribution in [3.63, 3.8) is 0 Å². The first-order valence-corrected chi connectivity index (χ1v) is 4.78. The molecule has 0 aromatic heterocycles. The van der Waals surface area contributed by atoms with Crippen LogP contribution in [0.15, 0.2) is 54.8 Å². The van der Waals surface area contributed by atoms with Gasteiger partial charge >= 0.3 is 0 Å². The molecule has 1 aliphatic heterocycles. The smallest absolute Gasteiger partial charge is 0.191 e. The first-order valence-electron chi connectivity index (χ1n) is 4.78. The fourth-order valence-corrected chi connectivity index (χ4v) is 1.51. The molecule has 0 bridgehead atoms. The van der Waals surface area contributed by atoms with Gasteiger partial charge < -0.3 is 9.64 Å². The number of ether oxygens (including phenoxy) is 1. The molecule has 0 saturated heterocycles. The molecule has 0 amide bonds. The normalized spacial score (nSPS) is 19.5. The SMILES string of the molecule is FCOC1C=CC=CN1c1ccccc1. The average Bonchev–Trinajstić information content (AvgIpc) is 2.31. The number of hydrogen-bond acceptors (Lipinski definition) is 2. The largest absolute Gasteiger partial charge is 0.323 e. The van der Waals surface area contributed by atoms with Crippen LogP contribution in [0.4, 0.5) is 10.1 Å². The lowest BCUT2D eigenvalue weighted by molar-refractivity contribution is 0.0224. The van der Waals surface area contributed by atoms with E-state index in [-0.39, 0.29) is 6.23 Å². The fourth-order valence-electron chi connectivity index (χ4n) is 1.51. The van der Waals surface area contributed by atoms with Crippen molar-refractivity contribution in [1.29, 1.82) is 0 Å². The molecule has 15 heavy (non-hydrogen) atoms. The second kappa shape index (κ2) is 4.75. The Balaban J connectivity index is 2.20. The van der Waals surface area contributed by atoms with E-state index in [2.05, 4.69) is 0 Å². The highest BCUT2D eigenvalue weighted by Gasteiger charge is 2.15. The molecule has 0 fully saturated rings. The summed E-state index contributed by atoms with van der Waals surface area (Å²) in [5, 5.41) is 0. The van der Waals surface area contributed by atoms with E-state index in [1.54, 1.807) is 0 Å². The zero-order chi connectivity index (χ0) is 10.5. The summed E-state index contributed by atoms with van der Waals surface area (Å²) in [6, 6.07) is 9.73. The Kier molecular flexibility index (Phi) is 3.15. The number of nitrogens with zero attached hydrogens (tertiary/aromatic N) is 1. The molecule has 2 nitrogen and oxygen atoms in total. The van der Waals surface area contributed by atoms with Crippen molar-refractivity contribution in [2.75, 3.05) is 11.8 Å². The summed E-state index contributed by atoms with van der Waals surface area (Å²) >= 11 is 0. The van der Waals surface area contributed by atoms with E-state index in [0.29, 0.717) is 0 Å². The molecule has 0 spiro atoms. The van der Waals surface area contributed by atoms with Crippen LogP contribution >= 0.6 is 0 Å². The lowest BCUT2D eigenvalue weighted by Crippen LogP contribution is -2.32. The Morgan fingerprint density at radius 1 is 1.20 bits per heavy atom. The van der Waals surface area contributed by atoms with Crippen LogP contribution < -0.4 is 4.90 Å². The predicted octanol–water partition coefficient (Wildman–Crippen LogP) is 2.85. The van der Waals surface area contributed by atoms with E-state index in [0.717, 1.165) is 5.69 Å². The summed E-state index contributed by atoms with van der Waals surface area (Å²) in [5.74, 6) is 0. The van der Waals surface area contributed by atoms with Crippen LogP contribution in [0, 0.1) is 0 Å². The first-order chi connectivity index (χ1) is 7.42. The van der Waals surface area contributed by atoms with E-state index >= 15 is 0 Å². The van der Waals surface area contributed by atoms with Gasteiger partial charge in [-0.3, -0.25) is 0 Å². The van der Waals surface area contributed by atoms with Crippen LogP contribution in [0.2, 0.25) is 0 Å². The summed E-state index contributed by atoms with van der Waals surface area (Å²) in [5.41, 5.74) is 0.983. The highest BCUT2D eigenvalue weighted by molar-refractivity contribution is 5.52. The van der Waals surface area contributed by atoms with Crippen LogP contribution in [0.3, 0.4) is 0 Å². The van der Waals surface area contributed by atoms with Gasteiger partial charge in [0.2, 0.25) is 0 Å². The molecule has 0 radical (unpaired) electrons. The van der Waals surface area contributed by atoms with Crippen LogP contribution in [-0.4, -0.2) is 13.1 Å². The van der Waals surface area contributed by atoms with Gasteiger partial charge in [-0.2, -0.15) is 0 Å². The number of anilines is 1. The Morgan fingerprint density at radius 3 is 2.73 bits per heavy atom. The molecule has 0 N–H and O–H groups in total.